The summed E-state index contributed by atoms with van der Waals surface area (Å²) in [4.78, 5) is 4.03. The fourth-order valence-corrected chi connectivity index (χ4v) is 1.21. The van der Waals surface area contributed by atoms with Crippen LogP contribution >= 0.6 is 0 Å². The Morgan fingerprint density at radius 2 is 2.29 bits per heavy atom. The fourth-order valence-electron chi connectivity index (χ4n) is 1.21. The van der Waals surface area contributed by atoms with Gasteiger partial charge in [-0.05, 0) is 25.5 Å². The summed E-state index contributed by atoms with van der Waals surface area (Å²) in [5.41, 5.74) is 7.54. The van der Waals surface area contributed by atoms with Crippen molar-refractivity contribution in [1.82, 2.24) is 4.68 Å². The van der Waals surface area contributed by atoms with Gasteiger partial charge in [-0.3, -0.25) is 4.68 Å². The van der Waals surface area contributed by atoms with Crippen molar-refractivity contribution >= 4 is 5.84 Å². The molecule has 4 N–H and O–H groups in total. The topological polar surface area (TPSA) is 69.3 Å². The monoisotopic (exact) mass is 192 g/mol. The Morgan fingerprint density at radius 3 is 2.79 bits per heavy atom. The van der Waals surface area contributed by atoms with E-state index in [1.165, 1.54) is 0 Å². The molecule has 76 valence electrons. The lowest BCUT2D eigenvalue weighted by Crippen LogP contribution is -2.23. The van der Waals surface area contributed by atoms with Gasteiger partial charge >= 0.3 is 0 Å². The molecule has 1 rings (SSSR count). The molecule has 0 spiro atoms. The van der Waals surface area contributed by atoms with Crippen molar-refractivity contribution in [3.63, 3.8) is 0 Å². The average molecular weight is 192 g/mol. The van der Waals surface area contributed by atoms with Crippen LogP contribution in [0.3, 0.4) is 0 Å². The van der Waals surface area contributed by atoms with Gasteiger partial charge in [0.25, 0.3) is 0 Å². The molecule has 0 saturated heterocycles. The largest absolute Gasteiger partial charge is 0.382 e. The molecule has 0 aliphatic heterocycles. The van der Waals surface area contributed by atoms with E-state index < -0.39 is 0 Å². The van der Waals surface area contributed by atoms with E-state index in [2.05, 4.69) is 4.99 Å². The normalized spacial score (nSPS) is 12.6. The molecule has 1 aromatic heterocycles. The first-order chi connectivity index (χ1) is 6.70. The molecule has 0 saturated carbocycles. The molecule has 0 unspecified atom stereocenters. The van der Waals surface area contributed by atoms with Crippen LogP contribution in [0.4, 0.5) is 0 Å². The van der Waals surface area contributed by atoms with Crippen LogP contribution in [0.1, 0.15) is 25.2 Å². The second kappa shape index (κ2) is 4.50. The van der Waals surface area contributed by atoms with E-state index in [1.807, 2.05) is 32.1 Å². The predicted molar refractivity (Wildman–Crippen MR) is 59.5 cm³/mol. The summed E-state index contributed by atoms with van der Waals surface area (Å²) < 4.78 is 1.57. The Morgan fingerprint density at radius 1 is 1.57 bits per heavy atom. The molecule has 1 heterocycles. The van der Waals surface area contributed by atoms with Crippen LogP contribution in [0.2, 0.25) is 0 Å². The minimum atomic E-state index is 0.435. The lowest BCUT2D eigenvalue weighted by molar-refractivity contribution is 0.887. The molecule has 1 aromatic rings. The lowest BCUT2D eigenvalue weighted by atomic mass is 10.3. The van der Waals surface area contributed by atoms with Crippen LogP contribution in [0.25, 0.3) is 0 Å². The quantitative estimate of drug-likeness (QED) is 0.426. The molecule has 0 amide bonds. The molecule has 4 nitrogen and oxygen atoms in total. The van der Waals surface area contributed by atoms with Gasteiger partial charge in [0.15, 0.2) is 0 Å². The van der Waals surface area contributed by atoms with Crippen LogP contribution < -0.4 is 11.6 Å². The Bertz CT molecular complexity index is 360. The standard InChI is InChI=1S/C10H16N4/c1-3-7-13-10(11)9-6-5-8(4-2)14(9)12/h3,5-7H,4,12H2,1-2H3,(H2,11,13)/b7-3-. The third kappa shape index (κ3) is 1.96. The zero-order valence-corrected chi connectivity index (χ0v) is 8.57. The Hall–Kier alpha value is -1.71. The van der Waals surface area contributed by atoms with E-state index in [1.54, 1.807) is 10.9 Å². The summed E-state index contributed by atoms with van der Waals surface area (Å²) in [5, 5.41) is 0. The number of allylic oxidation sites excluding steroid dienone is 1. The van der Waals surface area contributed by atoms with Gasteiger partial charge in [0.05, 0.1) is 0 Å². The highest BCUT2D eigenvalue weighted by Crippen LogP contribution is 2.05. The van der Waals surface area contributed by atoms with Crippen molar-refractivity contribution in [1.29, 1.82) is 0 Å². The zero-order chi connectivity index (χ0) is 10.6. The van der Waals surface area contributed by atoms with Gasteiger partial charge in [-0.25, -0.2) is 4.99 Å². The van der Waals surface area contributed by atoms with Crippen molar-refractivity contribution in [2.24, 2.45) is 10.7 Å². The zero-order valence-electron chi connectivity index (χ0n) is 8.57. The van der Waals surface area contributed by atoms with E-state index in [4.69, 9.17) is 11.6 Å². The highest BCUT2D eigenvalue weighted by atomic mass is 15.3. The molecular weight excluding hydrogens is 176 g/mol. The number of rotatable bonds is 3. The number of aromatic nitrogens is 1. The summed E-state index contributed by atoms with van der Waals surface area (Å²) in [7, 11) is 0. The third-order valence-corrected chi connectivity index (χ3v) is 1.99. The number of hydrogen-bond donors (Lipinski definition) is 2. The van der Waals surface area contributed by atoms with E-state index in [9.17, 15) is 0 Å². The number of nitrogens with two attached hydrogens (primary N) is 2. The van der Waals surface area contributed by atoms with Gasteiger partial charge in [-0.1, -0.05) is 13.0 Å². The van der Waals surface area contributed by atoms with Gasteiger partial charge in [0, 0.05) is 11.9 Å². The number of aryl methyl sites for hydroxylation is 1. The van der Waals surface area contributed by atoms with E-state index in [0.29, 0.717) is 5.84 Å². The minimum absolute atomic E-state index is 0.435. The molecule has 0 aliphatic carbocycles. The summed E-state index contributed by atoms with van der Waals surface area (Å²) in [6.45, 7) is 3.93. The Balaban J connectivity index is 3.01. The first kappa shape index (κ1) is 10.4. The Labute approximate surface area is 83.9 Å². The van der Waals surface area contributed by atoms with Crippen LogP contribution in [-0.2, 0) is 6.42 Å². The highest BCUT2D eigenvalue weighted by molar-refractivity contribution is 5.96. The average Bonchev–Trinajstić information content (AvgIpc) is 2.56. The second-order valence-corrected chi connectivity index (χ2v) is 2.93. The summed E-state index contributed by atoms with van der Waals surface area (Å²) in [6, 6.07) is 3.83. The predicted octanol–water partition coefficient (Wildman–Crippen LogP) is 1.00. The van der Waals surface area contributed by atoms with Crippen molar-refractivity contribution in [3.8, 4) is 0 Å². The maximum atomic E-state index is 5.82. The molecule has 0 radical (unpaired) electrons. The molecule has 4 heteroatoms. The van der Waals surface area contributed by atoms with Crippen molar-refractivity contribution < 1.29 is 0 Å². The number of nitrogens with zero attached hydrogens (tertiary/aromatic N) is 2. The highest BCUT2D eigenvalue weighted by Gasteiger charge is 2.06. The number of nitrogen functional groups attached to an aromatic ring is 1. The lowest BCUT2D eigenvalue weighted by Gasteiger charge is -2.04. The van der Waals surface area contributed by atoms with Crippen LogP contribution in [0.5, 0.6) is 0 Å². The second-order valence-electron chi connectivity index (χ2n) is 2.93. The molecule has 0 aliphatic rings. The van der Waals surface area contributed by atoms with E-state index >= 15 is 0 Å². The van der Waals surface area contributed by atoms with Gasteiger partial charge in [-0.15, -0.1) is 0 Å². The van der Waals surface area contributed by atoms with Crippen LogP contribution in [0.15, 0.2) is 29.4 Å². The summed E-state index contributed by atoms with van der Waals surface area (Å²) in [5.74, 6) is 6.25. The number of amidine groups is 1. The van der Waals surface area contributed by atoms with Gasteiger partial charge in [0.1, 0.15) is 11.5 Å². The third-order valence-electron chi connectivity index (χ3n) is 1.99. The number of aliphatic imine (C=N–C) groups is 1. The maximum Gasteiger partial charge on any atom is 0.149 e. The molecule has 14 heavy (non-hydrogen) atoms. The SMILES string of the molecule is C/C=C\N=C(N)c1ccc(CC)n1N. The van der Waals surface area contributed by atoms with Crippen molar-refractivity contribution in [2.45, 2.75) is 20.3 Å². The van der Waals surface area contributed by atoms with Crippen LogP contribution in [-0.4, -0.2) is 10.5 Å². The summed E-state index contributed by atoms with van der Waals surface area (Å²) >= 11 is 0. The molecule has 0 aromatic carbocycles. The van der Waals surface area contributed by atoms with E-state index in [-0.39, 0.29) is 0 Å². The first-order valence-corrected chi connectivity index (χ1v) is 4.61. The molecule has 0 atom stereocenters. The van der Waals surface area contributed by atoms with Gasteiger partial charge in [-0.2, -0.15) is 0 Å². The minimum Gasteiger partial charge on any atom is -0.382 e. The summed E-state index contributed by atoms with van der Waals surface area (Å²) in [6.07, 6.45) is 4.35. The fraction of sp³-hybridized carbons (Fsp3) is 0.300. The van der Waals surface area contributed by atoms with Gasteiger partial charge in [0.2, 0.25) is 0 Å². The number of hydrogen-bond acceptors (Lipinski definition) is 2. The first-order valence-electron chi connectivity index (χ1n) is 4.61. The Kier molecular flexibility index (Phi) is 3.34. The smallest absolute Gasteiger partial charge is 0.149 e. The van der Waals surface area contributed by atoms with Crippen molar-refractivity contribution in [2.75, 3.05) is 5.84 Å². The molecular formula is C10H16N4. The molecule has 0 bridgehead atoms. The maximum absolute atomic E-state index is 5.82. The van der Waals surface area contributed by atoms with Gasteiger partial charge < -0.3 is 11.6 Å². The van der Waals surface area contributed by atoms with Crippen LogP contribution in [0, 0.1) is 0 Å². The van der Waals surface area contributed by atoms with Crippen molar-refractivity contribution in [3.05, 3.63) is 35.8 Å². The molecule has 0 fully saturated rings. The van der Waals surface area contributed by atoms with E-state index in [0.717, 1.165) is 17.8 Å².